The molecule has 2 rings (SSSR count). The summed E-state index contributed by atoms with van der Waals surface area (Å²) in [6.07, 6.45) is -4.72. The smallest absolute Gasteiger partial charge is 0.406 e. The molecule has 1 heterocycles. The van der Waals surface area contributed by atoms with Crippen LogP contribution in [-0.2, 0) is 6.54 Å². The molecule has 130 valence electrons. The second-order valence-corrected chi connectivity index (χ2v) is 5.85. The van der Waals surface area contributed by atoms with E-state index in [9.17, 15) is 18.0 Å². The van der Waals surface area contributed by atoms with E-state index in [2.05, 4.69) is 14.4 Å². The van der Waals surface area contributed by atoms with E-state index in [-0.39, 0.29) is 18.2 Å². The van der Waals surface area contributed by atoms with Gasteiger partial charge in [0.2, 0.25) is 0 Å². The van der Waals surface area contributed by atoms with Crippen molar-refractivity contribution < 1.29 is 22.7 Å². The number of anilines is 1. The lowest BCUT2D eigenvalue weighted by Gasteiger charge is -2.18. The Kier molecular flexibility index (Phi) is 5.33. The summed E-state index contributed by atoms with van der Waals surface area (Å²) in [4.78, 5) is 14.0. The molecule has 0 radical (unpaired) electrons. The summed E-state index contributed by atoms with van der Waals surface area (Å²) >= 11 is 1.20. The van der Waals surface area contributed by atoms with Gasteiger partial charge in [0.1, 0.15) is 10.8 Å². The van der Waals surface area contributed by atoms with E-state index in [1.54, 1.807) is 21.0 Å². The number of carbonyl (C=O) groups excluding carboxylic acids is 1. The summed E-state index contributed by atoms with van der Waals surface area (Å²) in [5.74, 6) is -0.503. The monoisotopic (exact) mass is 359 g/mol. The summed E-state index contributed by atoms with van der Waals surface area (Å²) in [5, 5.41) is 3.61. The number of nitrogens with one attached hydrogen (secondary N) is 1. The van der Waals surface area contributed by atoms with Crippen LogP contribution in [0.5, 0.6) is 5.75 Å². The van der Waals surface area contributed by atoms with Crippen LogP contribution in [0.3, 0.4) is 0 Å². The van der Waals surface area contributed by atoms with Crippen molar-refractivity contribution in [2.45, 2.75) is 19.8 Å². The topological polar surface area (TPSA) is 54.5 Å². The Labute approximate surface area is 141 Å². The van der Waals surface area contributed by atoms with Crippen molar-refractivity contribution in [2.75, 3.05) is 19.4 Å². The average molecular weight is 359 g/mol. The van der Waals surface area contributed by atoms with E-state index in [0.29, 0.717) is 21.8 Å². The summed E-state index contributed by atoms with van der Waals surface area (Å²) in [6, 6.07) is 5.42. The third kappa shape index (κ3) is 4.38. The first-order valence-electron chi connectivity index (χ1n) is 6.95. The molecule has 1 amide bonds. The highest BCUT2D eigenvalue weighted by Gasteiger charge is 2.31. The quantitative estimate of drug-likeness (QED) is 0.885. The van der Waals surface area contributed by atoms with Crippen LogP contribution < -0.4 is 10.1 Å². The zero-order valence-electron chi connectivity index (χ0n) is 13.3. The van der Waals surface area contributed by atoms with E-state index in [0.717, 1.165) is 0 Å². The normalized spacial score (nSPS) is 11.2. The summed E-state index contributed by atoms with van der Waals surface area (Å²) in [5.41, 5.74) is 1.82. The van der Waals surface area contributed by atoms with Gasteiger partial charge >= 0.3 is 6.36 Å². The molecule has 5 nitrogen and oxygen atoms in total. The van der Waals surface area contributed by atoms with Crippen LogP contribution in [-0.4, -0.2) is 35.6 Å². The van der Waals surface area contributed by atoms with Crippen molar-refractivity contribution in [3.05, 3.63) is 41.1 Å². The zero-order chi connectivity index (χ0) is 17.9. The molecule has 9 heteroatoms. The van der Waals surface area contributed by atoms with Crippen molar-refractivity contribution in [1.29, 1.82) is 0 Å². The van der Waals surface area contributed by atoms with E-state index in [1.165, 1.54) is 40.7 Å². The average Bonchev–Trinajstić information content (AvgIpc) is 2.87. The molecule has 0 aliphatic carbocycles. The molecule has 0 fully saturated rings. The van der Waals surface area contributed by atoms with Crippen LogP contribution in [0.25, 0.3) is 0 Å². The van der Waals surface area contributed by atoms with Crippen molar-refractivity contribution in [1.82, 2.24) is 9.27 Å². The Hall–Kier alpha value is -2.29. The Morgan fingerprint density at radius 3 is 2.50 bits per heavy atom. The number of carbonyl (C=O) groups is 1. The number of alkyl halides is 3. The van der Waals surface area contributed by atoms with E-state index >= 15 is 0 Å². The van der Waals surface area contributed by atoms with Gasteiger partial charge in [0, 0.05) is 20.6 Å². The van der Waals surface area contributed by atoms with Crippen molar-refractivity contribution in [2.24, 2.45) is 0 Å². The molecule has 24 heavy (non-hydrogen) atoms. The summed E-state index contributed by atoms with van der Waals surface area (Å²) < 4.78 is 44.4. The number of aryl methyl sites for hydroxylation is 1. The van der Waals surface area contributed by atoms with E-state index in [1.807, 2.05) is 0 Å². The van der Waals surface area contributed by atoms with E-state index in [4.69, 9.17) is 0 Å². The Morgan fingerprint density at radius 2 is 1.96 bits per heavy atom. The van der Waals surface area contributed by atoms with Crippen LogP contribution in [0.15, 0.2) is 24.3 Å². The highest BCUT2D eigenvalue weighted by atomic mass is 32.1. The van der Waals surface area contributed by atoms with Gasteiger partial charge in [-0.1, -0.05) is 12.1 Å². The number of amides is 1. The number of rotatable bonds is 5. The van der Waals surface area contributed by atoms with Crippen molar-refractivity contribution >= 4 is 22.4 Å². The minimum atomic E-state index is -4.72. The number of nitrogens with zero attached hydrogens (tertiary/aromatic N) is 2. The third-order valence-corrected chi connectivity index (χ3v) is 4.18. The van der Waals surface area contributed by atoms with Crippen LogP contribution >= 0.6 is 11.5 Å². The lowest BCUT2D eigenvalue weighted by molar-refractivity contribution is -0.274. The number of hydrogen-bond acceptors (Lipinski definition) is 5. The Balaban J connectivity index is 2.07. The van der Waals surface area contributed by atoms with Gasteiger partial charge in [-0.15, -0.1) is 13.2 Å². The van der Waals surface area contributed by atoms with Gasteiger partial charge < -0.3 is 15.0 Å². The molecule has 0 atom stereocenters. The highest BCUT2D eigenvalue weighted by Crippen LogP contribution is 2.26. The highest BCUT2D eigenvalue weighted by molar-refractivity contribution is 7.10. The molecule has 1 aromatic heterocycles. The number of halogens is 3. The molecule has 0 saturated heterocycles. The first kappa shape index (κ1) is 18.1. The summed E-state index contributed by atoms with van der Waals surface area (Å²) in [6.45, 7) is 2.01. The Bertz CT molecular complexity index is 714. The number of ether oxygens (including phenoxy) is 1. The maximum Gasteiger partial charge on any atom is 0.573 e. The number of hydrogen-bond donors (Lipinski definition) is 1. The molecule has 0 aliphatic heterocycles. The first-order chi connectivity index (χ1) is 11.2. The molecule has 2 aromatic rings. The van der Waals surface area contributed by atoms with Gasteiger partial charge in [0.15, 0.2) is 0 Å². The zero-order valence-corrected chi connectivity index (χ0v) is 14.1. The molecule has 0 unspecified atom stereocenters. The molecule has 0 aliphatic rings. The summed E-state index contributed by atoms with van der Waals surface area (Å²) in [7, 11) is 3.34. The molecule has 1 aromatic carbocycles. The van der Waals surface area contributed by atoms with Crippen LogP contribution in [0, 0.1) is 6.92 Å². The van der Waals surface area contributed by atoms with Gasteiger partial charge in [0.05, 0.1) is 11.3 Å². The fraction of sp³-hybridized carbons (Fsp3) is 0.333. The van der Waals surface area contributed by atoms with Crippen LogP contribution in [0.1, 0.15) is 21.6 Å². The first-order valence-corrected chi connectivity index (χ1v) is 7.72. The van der Waals surface area contributed by atoms with Gasteiger partial charge in [-0.05, 0) is 36.2 Å². The number of benzene rings is 1. The lowest BCUT2D eigenvalue weighted by atomic mass is 10.1. The SMILES string of the molecule is CNc1snc(C)c1C(=O)N(C)Cc1ccc(OC(F)(F)F)cc1. The predicted octanol–water partition coefficient (Wildman–Crippen LogP) is 3.66. The third-order valence-electron chi connectivity index (χ3n) is 3.23. The Morgan fingerprint density at radius 1 is 1.33 bits per heavy atom. The van der Waals surface area contributed by atoms with Gasteiger partial charge in [-0.25, -0.2) is 0 Å². The van der Waals surface area contributed by atoms with Crippen molar-refractivity contribution in [3.8, 4) is 5.75 Å². The fourth-order valence-corrected chi connectivity index (χ4v) is 2.86. The number of aromatic nitrogens is 1. The predicted molar refractivity (Wildman–Crippen MR) is 85.3 cm³/mol. The van der Waals surface area contributed by atoms with Crippen molar-refractivity contribution in [3.63, 3.8) is 0 Å². The minimum Gasteiger partial charge on any atom is -0.406 e. The second-order valence-electron chi connectivity index (χ2n) is 5.08. The largest absolute Gasteiger partial charge is 0.573 e. The second kappa shape index (κ2) is 7.08. The standard InChI is InChI=1S/C15H16F3N3O2S/c1-9-12(13(19-2)24-20-9)14(22)21(3)8-10-4-6-11(7-5-10)23-15(16,17)18/h4-7,19H,8H2,1-3H3. The molecule has 0 bridgehead atoms. The molecular weight excluding hydrogens is 343 g/mol. The molecular formula is C15H16F3N3O2S. The van der Waals surface area contributed by atoms with Crippen LogP contribution in [0.4, 0.5) is 18.2 Å². The van der Waals surface area contributed by atoms with Crippen LogP contribution in [0.2, 0.25) is 0 Å². The van der Waals surface area contributed by atoms with Gasteiger partial charge in [-0.3, -0.25) is 4.79 Å². The lowest BCUT2D eigenvalue weighted by Crippen LogP contribution is -2.27. The molecule has 0 spiro atoms. The molecule has 1 N–H and O–H groups in total. The fourth-order valence-electron chi connectivity index (χ4n) is 2.13. The van der Waals surface area contributed by atoms with E-state index < -0.39 is 6.36 Å². The van der Waals surface area contributed by atoms with Gasteiger partial charge in [-0.2, -0.15) is 4.37 Å². The maximum atomic E-state index is 12.5. The minimum absolute atomic E-state index is 0.207. The maximum absolute atomic E-state index is 12.5. The van der Waals surface area contributed by atoms with Gasteiger partial charge in [0.25, 0.3) is 5.91 Å². The molecule has 0 saturated carbocycles.